The summed E-state index contributed by atoms with van der Waals surface area (Å²) in [6, 6.07) is 12.6. The Bertz CT molecular complexity index is 709. The lowest BCUT2D eigenvalue weighted by Gasteiger charge is -2.29. The van der Waals surface area contributed by atoms with Gasteiger partial charge in [0.1, 0.15) is 0 Å². The van der Waals surface area contributed by atoms with E-state index in [9.17, 15) is 18.0 Å². The van der Waals surface area contributed by atoms with Crippen LogP contribution in [0, 0.1) is 0 Å². The second kappa shape index (κ2) is 5.48. The van der Waals surface area contributed by atoms with Crippen molar-refractivity contribution in [3.05, 3.63) is 70.8 Å². The number of amides is 1. The average Bonchev–Trinajstić information content (AvgIpc) is 2.53. The van der Waals surface area contributed by atoms with Crippen LogP contribution in [0.3, 0.4) is 0 Å². The Morgan fingerprint density at radius 2 is 1.59 bits per heavy atom. The topological polar surface area (TPSA) is 20.3 Å². The zero-order valence-corrected chi connectivity index (χ0v) is 11.7. The fraction of sp³-hybridized carbons (Fsp3) is 0.235. The number of nitrogens with zero attached hydrogens (tertiary/aromatic N) is 1. The molecule has 1 amide bonds. The normalized spacial score (nSPS) is 14.6. The van der Waals surface area contributed by atoms with Gasteiger partial charge < -0.3 is 4.90 Å². The molecule has 0 saturated heterocycles. The summed E-state index contributed by atoms with van der Waals surface area (Å²) >= 11 is 0. The molecule has 0 bridgehead atoms. The maximum Gasteiger partial charge on any atom is 0.417 e. The molecular formula is C17H14F3NO. The van der Waals surface area contributed by atoms with Gasteiger partial charge >= 0.3 is 6.18 Å². The molecule has 5 heteroatoms. The molecule has 3 rings (SSSR count). The molecular weight excluding hydrogens is 291 g/mol. The molecule has 0 N–H and O–H groups in total. The van der Waals surface area contributed by atoms with Crippen molar-refractivity contribution < 1.29 is 18.0 Å². The van der Waals surface area contributed by atoms with Crippen LogP contribution in [0.4, 0.5) is 13.2 Å². The van der Waals surface area contributed by atoms with Crippen molar-refractivity contribution in [1.82, 2.24) is 4.90 Å². The van der Waals surface area contributed by atoms with Crippen LogP contribution < -0.4 is 0 Å². The summed E-state index contributed by atoms with van der Waals surface area (Å²) in [5, 5.41) is 0. The van der Waals surface area contributed by atoms with E-state index in [0.717, 1.165) is 17.2 Å². The Balaban J connectivity index is 1.90. The van der Waals surface area contributed by atoms with Crippen molar-refractivity contribution in [2.24, 2.45) is 0 Å². The van der Waals surface area contributed by atoms with Gasteiger partial charge in [-0.1, -0.05) is 36.4 Å². The predicted molar refractivity (Wildman–Crippen MR) is 76.3 cm³/mol. The number of benzene rings is 2. The minimum absolute atomic E-state index is 0.283. The van der Waals surface area contributed by atoms with Crippen molar-refractivity contribution in [3.63, 3.8) is 0 Å². The molecule has 0 aliphatic carbocycles. The smallest absolute Gasteiger partial charge is 0.334 e. The lowest BCUT2D eigenvalue weighted by molar-refractivity contribution is -0.138. The van der Waals surface area contributed by atoms with Crippen LogP contribution >= 0.6 is 0 Å². The lowest BCUT2D eigenvalue weighted by atomic mass is 9.98. The van der Waals surface area contributed by atoms with E-state index in [2.05, 4.69) is 0 Å². The number of hydrogen-bond acceptors (Lipinski definition) is 1. The van der Waals surface area contributed by atoms with E-state index in [-0.39, 0.29) is 5.56 Å². The first-order valence-corrected chi connectivity index (χ1v) is 6.99. The van der Waals surface area contributed by atoms with E-state index in [1.54, 1.807) is 0 Å². The molecule has 114 valence electrons. The Labute approximate surface area is 126 Å². The van der Waals surface area contributed by atoms with E-state index in [1.807, 2.05) is 24.3 Å². The first-order chi connectivity index (χ1) is 10.5. The van der Waals surface area contributed by atoms with Gasteiger partial charge in [-0.2, -0.15) is 13.2 Å². The third kappa shape index (κ3) is 2.71. The third-order valence-electron chi connectivity index (χ3n) is 3.88. The fourth-order valence-electron chi connectivity index (χ4n) is 2.76. The molecule has 0 fully saturated rings. The van der Waals surface area contributed by atoms with E-state index in [0.29, 0.717) is 19.5 Å². The molecule has 0 spiro atoms. The van der Waals surface area contributed by atoms with E-state index in [4.69, 9.17) is 0 Å². The molecule has 1 aliphatic rings. The summed E-state index contributed by atoms with van der Waals surface area (Å²) in [6.07, 6.45) is -3.87. The van der Waals surface area contributed by atoms with Crippen molar-refractivity contribution in [3.8, 4) is 0 Å². The molecule has 0 atom stereocenters. The monoisotopic (exact) mass is 305 g/mol. The SMILES string of the molecule is O=C(c1ccccc1C(F)(F)F)N1CCc2ccccc2C1. The Morgan fingerprint density at radius 1 is 0.955 bits per heavy atom. The van der Waals surface area contributed by atoms with Gasteiger partial charge in [0.2, 0.25) is 0 Å². The first-order valence-electron chi connectivity index (χ1n) is 6.99. The zero-order valence-electron chi connectivity index (χ0n) is 11.7. The Morgan fingerprint density at radius 3 is 2.32 bits per heavy atom. The largest absolute Gasteiger partial charge is 0.417 e. The number of carbonyl (C=O) groups excluding carboxylic acids is 1. The maximum atomic E-state index is 13.0. The summed E-state index contributed by atoms with van der Waals surface area (Å²) in [4.78, 5) is 14.0. The van der Waals surface area contributed by atoms with Crippen LogP contribution in [0.2, 0.25) is 0 Å². The lowest BCUT2D eigenvalue weighted by Crippen LogP contribution is -2.36. The van der Waals surface area contributed by atoms with Crippen molar-refractivity contribution >= 4 is 5.91 Å². The standard InChI is InChI=1S/C17H14F3NO/c18-17(19,20)15-8-4-3-7-14(15)16(22)21-10-9-12-5-1-2-6-13(12)11-21/h1-8H,9-11H2. The van der Waals surface area contributed by atoms with Crippen molar-refractivity contribution in [1.29, 1.82) is 0 Å². The number of alkyl halides is 3. The van der Waals surface area contributed by atoms with Gasteiger partial charge in [-0.3, -0.25) is 4.79 Å². The number of halogens is 3. The Hall–Kier alpha value is -2.30. The highest BCUT2D eigenvalue weighted by atomic mass is 19.4. The molecule has 0 saturated carbocycles. The number of rotatable bonds is 1. The molecule has 0 unspecified atom stereocenters. The van der Waals surface area contributed by atoms with Crippen LogP contribution in [0.5, 0.6) is 0 Å². The highest BCUT2D eigenvalue weighted by Crippen LogP contribution is 2.33. The van der Waals surface area contributed by atoms with Crippen molar-refractivity contribution in [2.75, 3.05) is 6.54 Å². The highest BCUT2D eigenvalue weighted by molar-refractivity contribution is 5.96. The van der Waals surface area contributed by atoms with Gasteiger partial charge in [0.15, 0.2) is 0 Å². The number of carbonyl (C=O) groups is 1. The summed E-state index contributed by atoms with van der Waals surface area (Å²) in [5.41, 5.74) is 0.982. The second-order valence-corrected chi connectivity index (χ2v) is 5.29. The van der Waals surface area contributed by atoms with E-state index in [1.165, 1.54) is 23.1 Å². The van der Waals surface area contributed by atoms with Crippen LogP contribution in [0.25, 0.3) is 0 Å². The molecule has 2 aromatic carbocycles. The molecule has 1 aliphatic heterocycles. The molecule has 1 heterocycles. The number of hydrogen-bond donors (Lipinski definition) is 0. The molecule has 2 nitrogen and oxygen atoms in total. The van der Waals surface area contributed by atoms with Gasteiger partial charge in [0, 0.05) is 13.1 Å². The van der Waals surface area contributed by atoms with Gasteiger partial charge in [0.25, 0.3) is 5.91 Å². The zero-order chi connectivity index (χ0) is 15.7. The second-order valence-electron chi connectivity index (χ2n) is 5.29. The summed E-state index contributed by atoms with van der Waals surface area (Å²) < 4.78 is 39.1. The summed E-state index contributed by atoms with van der Waals surface area (Å²) in [6.45, 7) is 0.781. The van der Waals surface area contributed by atoms with Gasteiger partial charge in [0.05, 0.1) is 11.1 Å². The highest BCUT2D eigenvalue weighted by Gasteiger charge is 2.36. The van der Waals surface area contributed by atoms with Gasteiger partial charge in [-0.05, 0) is 29.7 Å². The average molecular weight is 305 g/mol. The molecule has 0 radical (unpaired) electrons. The minimum Gasteiger partial charge on any atom is -0.334 e. The maximum absolute atomic E-state index is 13.0. The summed E-state index contributed by atoms with van der Waals surface area (Å²) in [5.74, 6) is -0.567. The fourth-order valence-corrected chi connectivity index (χ4v) is 2.76. The quantitative estimate of drug-likeness (QED) is 0.782. The van der Waals surface area contributed by atoms with Crippen LogP contribution in [-0.2, 0) is 19.1 Å². The predicted octanol–water partition coefficient (Wildman–Crippen LogP) is 3.90. The minimum atomic E-state index is -4.53. The van der Waals surface area contributed by atoms with Gasteiger partial charge in [-0.25, -0.2) is 0 Å². The molecule has 22 heavy (non-hydrogen) atoms. The molecule has 2 aromatic rings. The van der Waals surface area contributed by atoms with Crippen LogP contribution in [0.1, 0.15) is 27.0 Å². The first kappa shape index (κ1) is 14.6. The summed E-state index contributed by atoms with van der Waals surface area (Å²) in [7, 11) is 0. The Kier molecular flexibility index (Phi) is 3.64. The molecule has 0 aromatic heterocycles. The van der Waals surface area contributed by atoms with Crippen molar-refractivity contribution in [2.45, 2.75) is 19.1 Å². The van der Waals surface area contributed by atoms with Crippen LogP contribution in [0.15, 0.2) is 48.5 Å². The van der Waals surface area contributed by atoms with E-state index >= 15 is 0 Å². The van der Waals surface area contributed by atoms with Crippen LogP contribution in [-0.4, -0.2) is 17.4 Å². The van der Waals surface area contributed by atoms with Gasteiger partial charge in [-0.15, -0.1) is 0 Å². The van der Waals surface area contributed by atoms with E-state index < -0.39 is 17.6 Å². The third-order valence-corrected chi connectivity index (χ3v) is 3.88. The number of fused-ring (bicyclic) bond motifs is 1.